The molecule has 0 unspecified atom stereocenters. The van der Waals surface area contributed by atoms with Crippen molar-refractivity contribution in [2.45, 2.75) is 69.2 Å². The summed E-state index contributed by atoms with van der Waals surface area (Å²) in [6, 6.07) is 10.8. The summed E-state index contributed by atoms with van der Waals surface area (Å²) in [5.74, 6) is 0.0373. The van der Waals surface area contributed by atoms with E-state index >= 15 is 0 Å². The molecular formula is C23H34N2O3. The number of likely N-dealkylation sites (tertiary alicyclic amines) is 1. The third kappa shape index (κ3) is 5.13. The molecule has 1 aromatic carbocycles. The number of aryl methyl sites for hydroxylation is 1. The van der Waals surface area contributed by atoms with Gasteiger partial charge in [-0.15, -0.1) is 0 Å². The van der Waals surface area contributed by atoms with Gasteiger partial charge in [0.1, 0.15) is 6.10 Å². The zero-order chi connectivity index (χ0) is 19.2. The average Bonchev–Trinajstić information content (AvgIpc) is 3.40. The number of benzene rings is 1. The standard InChI is InChI=1S/C23H34N2O3/c26-22(21-9-5-17-27-21)24-18-20-10-11-23(28-20)12-15-25(16-13-23)14-4-8-19-6-2-1-3-7-19/h1-3,6-7,20-21H,4-5,8-18H2,(H,24,26)/t20-,21-/m0/s1. The molecular weight excluding hydrogens is 352 g/mol. The Morgan fingerprint density at radius 3 is 2.71 bits per heavy atom. The molecule has 1 aromatic rings. The highest BCUT2D eigenvalue weighted by atomic mass is 16.5. The summed E-state index contributed by atoms with van der Waals surface area (Å²) in [7, 11) is 0. The highest BCUT2D eigenvalue weighted by Gasteiger charge is 2.42. The van der Waals surface area contributed by atoms with E-state index in [2.05, 4.69) is 40.5 Å². The molecule has 0 aromatic heterocycles. The number of carbonyl (C=O) groups is 1. The molecule has 3 aliphatic heterocycles. The second kappa shape index (κ2) is 9.38. The van der Waals surface area contributed by atoms with E-state index in [1.165, 1.54) is 18.5 Å². The molecule has 3 saturated heterocycles. The lowest BCUT2D eigenvalue weighted by Crippen LogP contribution is -2.45. The van der Waals surface area contributed by atoms with Crippen molar-refractivity contribution in [3.8, 4) is 0 Å². The van der Waals surface area contributed by atoms with Crippen LogP contribution in [0.25, 0.3) is 0 Å². The van der Waals surface area contributed by atoms with Crippen LogP contribution in [0, 0.1) is 0 Å². The van der Waals surface area contributed by atoms with Gasteiger partial charge in [0, 0.05) is 26.2 Å². The molecule has 154 valence electrons. The van der Waals surface area contributed by atoms with Crippen molar-refractivity contribution in [1.82, 2.24) is 10.2 Å². The predicted molar refractivity (Wildman–Crippen MR) is 109 cm³/mol. The van der Waals surface area contributed by atoms with Crippen LogP contribution in [0.2, 0.25) is 0 Å². The van der Waals surface area contributed by atoms with Gasteiger partial charge in [-0.3, -0.25) is 4.79 Å². The first-order chi connectivity index (χ1) is 13.7. The van der Waals surface area contributed by atoms with Crippen molar-refractivity contribution in [1.29, 1.82) is 0 Å². The fraction of sp³-hybridized carbons (Fsp3) is 0.696. The van der Waals surface area contributed by atoms with Crippen LogP contribution in [0.15, 0.2) is 30.3 Å². The smallest absolute Gasteiger partial charge is 0.249 e. The first-order valence-corrected chi connectivity index (χ1v) is 11.1. The number of carbonyl (C=O) groups excluding carboxylic acids is 1. The summed E-state index contributed by atoms with van der Waals surface area (Å²) in [6.07, 6.45) is 8.56. The van der Waals surface area contributed by atoms with E-state index in [4.69, 9.17) is 9.47 Å². The van der Waals surface area contributed by atoms with Crippen LogP contribution in [-0.2, 0) is 20.7 Å². The Morgan fingerprint density at radius 2 is 1.96 bits per heavy atom. The number of ether oxygens (including phenoxy) is 2. The maximum Gasteiger partial charge on any atom is 0.249 e. The van der Waals surface area contributed by atoms with Gasteiger partial charge in [0.05, 0.1) is 11.7 Å². The minimum Gasteiger partial charge on any atom is -0.370 e. The van der Waals surface area contributed by atoms with Gasteiger partial charge in [0.2, 0.25) is 5.91 Å². The van der Waals surface area contributed by atoms with E-state index in [0.29, 0.717) is 13.2 Å². The normalized spacial score (nSPS) is 27.3. The average molecular weight is 387 g/mol. The van der Waals surface area contributed by atoms with Crippen LogP contribution in [0.3, 0.4) is 0 Å². The molecule has 0 aliphatic carbocycles. The van der Waals surface area contributed by atoms with Crippen LogP contribution in [0.1, 0.15) is 50.5 Å². The van der Waals surface area contributed by atoms with Gasteiger partial charge >= 0.3 is 0 Å². The monoisotopic (exact) mass is 386 g/mol. The van der Waals surface area contributed by atoms with Gasteiger partial charge in [-0.1, -0.05) is 30.3 Å². The lowest BCUT2D eigenvalue weighted by atomic mass is 9.88. The van der Waals surface area contributed by atoms with E-state index < -0.39 is 0 Å². The molecule has 3 heterocycles. The lowest BCUT2D eigenvalue weighted by molar-refractivity contribution is -0.131. The first kappa shape index (κ1) is 19.9. The zero-order valence-electron chi connectivity index (χ0n) is 16.9. The van der Waals surface area contributed by atoms with Crippen LogP contribution < -0.4 is 5.32 Å². The molecule has 28 heavy (non-hydrogen) atoms. The molecule has 4 rings (SSSR count). The highest BCUT2D eigenvalue weighted by Crippen LogP contribution is 2.38. The molecule has 1 amide bonds. The molecule has 0 radical (unpaired) electrons. The topological polar surface area (TPSA) is 50.8 Å². The second-order valence-corrected chi connectivity index (χ2v) is 8.64. The summed E-state index contributed by atoms with van der Waals surface area (Å²) in [5, 5.41) is 3.04. The summed E-state index contributed by atoms with van der Waals surface area (Å²) in [4.78, 5) is 14.7. The van der Waals surface area contributed by atoms with Gasteiger partial charge in [-0.2, -0.15) is 0 Å². The number of hydrogen-bond acceptors (Lipinski definition) is 4. The number of rotatable bonds is 7. The largest absolute Gasteiger partial charge is 0.370 e. The van der Waals surface area contributed by atoms with E-state index in [1.54, 1.807) is 0 Å². The van der Waals surface area contributed by atoms with Crippen LogP contribution in [0.4, 0.5) is 0 Å². The van der Waals surface area contributed by atoms with Crippen LogP contribution in [-0.4, -0.2) is 61.4 Å². The van der Waals surface area contributed by atoms with Crippen LogP contribution in [0.5, 0.6) is 0 Å². The molecule has 1 N–H and O–H groups in total. The Morgan fingerprint density at radius 1 is 1.14 bits per heavy atom. The summed E-state index contributed by atoms with van der Waals surface area (Å²) >= 11 is 0. The Balaban J connectivity index is 1.14. The molecule has 5 nitrogen and oxygen atoms in total. The molecule has 0 saturated carbocycles. The molecule has 5 heteroatoms. The second-order valence-electron chi connectivity index (χ2n) is 8.64. The minimum atomic E-state index is -0.241. The van der Waals surface area contributed by atoms with Crippen molar-refractivity contribution in [3.63, 3.8) is 0 Å². The molecule has 2 atom stereocenters. The Labute approximate surface area is 168 Å². The van der Waals surface area contributed by atoms with Crippen molar-refractivity contribution < 1.29 is 14.3 Å². The van der Waals surface area contributed by atoms with Gasteiger partial charge in [0.15, 0.2) is 0 Å². The van der Waals surface area contributed by atoms with E-state index in [1.807, 2.05) is 0 Å². The molecule has 0 bridgehead atoms. The van der Waals surface area contributed by atoms with E-state index in [-0.39, 0.29) is 23.7 Å². The summed E-state index contributed by atoms with van der Waals surface area (Å²) < 4.78 is 11.9. The SMILES string of the molecule is O=C(NC[C@@H]1CCC2(CCN(CCCc3ccccc3)CC2)O1)[C@@H]1CCCO1. The van der Waals surface area contributed by atoms with E-state index in [9.17, 15) is 4.79 Å². The van der Waals surface area contributed by atoms with Gasteiger partial charge in [-0.25, -0.2) is 0 Å². The third-order valence-corrected chi connectivity index (χ3v) is 6.61. The van der Waals surface area contributed by atoms with E-state index in [0.717, 1.165) is 58.0 Å². The summed E-state index contributed by atoms with van der Waals surface area (Å²) in [5.41, 5.74) is 1.48. The molecule has 1 spiro atoms. The first-order valence-electron chi connectivity index (χ1n) is 11.1. The third-order valence-electron chi connectivity index (χ3n) is 6.61. The van der Waals surface area contributed by atoms with Crippen molar-refractivity contribution >= 4 is 5.91 Å². The Bertz CT molecular complexity index is 622. The lowest BCUT2D eigenvalue weighted by Gasteiger charge is -2.39. The number of piperidine rings is 1. The van der Waals surface area contributed by atoms with Crippen LogP contribution >= 0.6 is 0 Å². The molecule has 3 fully saturated rings. The van der Waals surface area contributed by atoms with Crippen molar-refractivity contribution in [2.24, 2.45) is 0 Å². The maximum atomic E-state index is 12.1. The Kier molecular flexibility index (Phi) is 6.65. The number of nitrogens with one attached hydrogen (secondary N) is 1. The fourth-order valence-electron chi connectivity index (χ4n) is 4.86. The zero-order valence-corrected chi connectivity index (χ0v) is 16.9. The minimum absolute atomic E-state index is 0.0373. The quantitative estimate of drug-likeness (QED) is 0.783. The van der Waals surface area contributed by atoms with Gasteiger partial charge in [0.25, 0.3) is 0 Å². The maximum absolute atomic E-state index is 12.1. The number of nitrogens with zero attached hydrogens (tertiary/aromatic N) is 1. The Hall–Kier alpha value is -1.43. The van der Waals surface area contributed by atoms with Gasteiger partial charge in [-0.05, 0) is 63.5 Å². The number of hydrogen-bond donors (Lipinski definition) is 1. The fourth-order valence-corrected chi connectivity index (χ4v) is 4.86. The van der Waals surface area contributed by atoms with Gasteiger partial charge < -0.3 is 19.7 Å². The van der Waals surface area contributed by atoms with Crippen molar-refractivity contribution in [3.05, 3.63) is 35.9 Å². The highest BCUT2D eigenvalue weighted by molar-refractivity contribution is 5.80. The predicted octanol–water partition coefficient (Wildman–Crippen LogP) is 2.93. The molecule has 3 aliphatic rings. The number of amides is 1. The summed E-state index contributed by atoms with van der Waals surface area (Å²) in [6.45, 7) is 4.77. The van der Waals surface area contributed by atoms with Crippen molar-refractivity contribution in [2.75, 3.05) is 32.8 Å².